The Hall–Kier alpha value is -2.70. The van der Waals surface area contributed by atoms with E-state index in [-0.39, 0.29) is 23.1 Å². The number of carbonyl (C=O) groups excluding carboxylic acids is 2. The van der Waals surface area contributed by atoms with Gasteiger partial charge in [-0.15, -0.1) is 0 Å². The van der Waals surface area contributed by atoms with Crippen molar-refractivity contribution in [3.8, 4) is 0 Å². The molecule has 2 amide bonds. The van der Waals surface area contributed by atoms with Crippen LogP contribution in [0.15, 0.2) is 30.3 Å². The first-order valence-electron chi connectivity index (χ1n) is 10.4. The SMILES string of the molecule is CC(=O)N1C[C@H]2CN(C(=O)CCCc3ccccc3)CC[C@@]2(c2n[nH]c(C)n2)C1. The maximum atomic E-state index is 12.8. The molecule has 0 bridgehead atoms. The third-order valence-electron chi connectivity index (χ3n) is 6.50. The topological polar surface area (TPSA) is 82.2 Å². The Bertz CT molecular complexity index is 880. The second-order valence-corrected chi connectivity index (χ2v) is 8.43. The summed E-state index contributed by atoms with van der Waals surface area (Å²) in [6, 6.07) is 10.3. The van der Waals surface area contributed by atoms with Gasteiger partial charge in [0.05, 0.1) is 5.41 Å². The monoisotopic (exact) mass is 395 g/mol. The molecule has 0 spiro atoms. The fraction of sp³-hybridized carbons (Fsp3) is 0.545. The zero-order valence-corrected chi connectivity index (χ0v) is 17.2. The molecule has 0 radical (unpaired) electrons. The Balaban J connectivity index is 1.42. The molecule has 7 heteroatoms. The van der Waals surface area contributed by atoms with Crippen molar-refractivity contribution in [1.82, 2.24) is 25.0 Å². The molecule has 0 saturated carbocycles. The second-order valence-electron chi connectivity index (χ2n) is 8.43. The second kappa shape index (κ2) is 7.97. The summed E-state index contributed by atoms with van der Waals surface area (Å²) in [4.78, 5) is 33.4. The van der Waals surface area contributed by atoms with Crippen LogP contribution < -0.4 is 0 Å². The Labute approximate surface area is 171 Å². The van der Waals surface area contributed by atoms with Crippen LogP contribution in [0.3, 0.4) is 0 Å². The molecule has 2 fully saturated rings. The van der Waals surface area contributed by atoms with Crippen LogP contribution >= 0.6 is 0 Å². The van der Waals surface area contributed by atoms with Gasteiger partial charge in [-0.2, -0.15) is 5.10 Å². The first kappa shape index (κ1) is 19.6. The molecule has 1 aromatic heterocycles. The van der Waals surface area contributed by atoms with Crippen LogP contribution in [0, 0.1) is 12.8 Å². The van der Waals surface area contributed by atoms with E-state index in [2.05, 4.69) is 27.3 Å². The van der Waals surface area contributed by atoms with Crippen molar-refractivity contribution in [2.75, 3.05) is 26.2 Å². The first-order chi connectivity index (χ1) is 14.0. The maximum Gasteiger partial charge on any atom is 0.222 e. The lowest BCUT2D eigenvalue weighted by atomic mass is 9.72. The summed E-state index contributed by atoms with van der Waals surface area (Å²) in [6.45, 7) is 6.17. The smallest absolute Gasteiger partial charge is 0.222 e. The summed E-state index contributed by atoms with van der Waals surface area (Å²) in [5.41, 5.74) is 1.02. The molecule has 4 rings (SSSR count). The van der Waals surface area contributed by atoms with Gasteiger partial charge in [0, 0.05) is 45.4 Å². The minimum Gasteiger partial charge on any atom is -0.342 e. The van der Waals surface area contributed by atoms with Gasteiger partial charge in [0.2, 0.25) is 11.8 Å². The highest BCUT2D eigenvalue weighted by Gasteiger charge is 2.54. The molecule has 154 valence electrons. The van der Waals surface area contributed by atoms with E-state index in [1.54, 1.807) is 6.92 Å². The highest BCUT2D eigenvalue weighted by atomic mass is 16.2. The van der Waals surface area contributed by atoms with Gasteiger partial charge in [0.25, 0.3) is 0 Å². The third kappa shape index (κ3) is 3.91. The van der Waals surface area contributed by atoms with Crippen molar-refractivity contribution in [3.05, 3.63) is 47.5 Å². The first-order valence-corrected chi connectivity index (χ1v) is 10.4. The van der Waals surface area contributed by atoms with E-state index in [1.165, 1.54) is 5.56 Å². The highest BCUT2D eigenvalue weighted by molar-refractivity contribution is 5.77. The van der Waals surface area contributed by atoms with Crippen LogP contribution in [0.1, 0.15) is 43.4 Å². The Morgan fingerprint density at radius 3 is 2.66 bits per heavy atom. The Morgan fingerprint density at radius 2 is 1.97 bits per heavy atom. The van der Waals surface area contributed by atoms with Crippen molar-refractivity contribution in [2.24, 2.45) is 5.92 Å². The van der Waals surface area contributed by atoms with E-state index in [0.29, 0.717) is 32.6 Å². The molecule has 2 saturated heterocycles. The maximum absolute atomic E-state index is 12.8. The fourth-order valence-electron chi connectivity index (χ4n) is 4.83. The van der Waals surface area contributed by atoms with Gasteiger partial charge in [-0.3, -0.25) is 14.7 Å². The van der Waals surface area contributed by atoms with Crippen LogP contribution in [-0.2, 0) is 21.4 Å². The highest BCUT2D eigenvalue weighted by Crippen LogP contribution is 2.44. The van der Waals surface area contributed by atoms with E-state index < -0.39 is 0 Å². The number of aryl methyl sites for hydroxylation is 2. The number of nitrogens with one attached hydrogen (secondary N) is 1. The summed E-state index contributed by atoms with van der Waals surface area (Å²) in [7, 11) is 0. The van der Waals surface area contributed by atoms with E-state index in [1.807, 2.05) is 34.9 Å². The molecule has 2 atom stereocenters. The van der Waals surface area contributed by atoms with Crippen LogP contribution in [0.2, 0.25) is 0 Å². The number of hydrogen-bond acceptors (Lipinski definition) is 4. The molecule has 29 heavy (non-hydrogen) atoms. The zero-order valence-electron chi connectivity index (χ0n) is 17.2. The number of benzene rings is 1. The van der Waals surface area contributed by atoms with Gasteiger partial charge in [0.15, 0.2) is 5.82 Å². The molecule has 1 N–H and O–H groups in total. The van der Waals surface area contributed by atoms with Crippen LogP contribution in [0.4, 0.5) is 0 Å². The van der Waals surface area contributed by atoms with Gasteiger partial charge in [-0.1, -0.05) is 30.3 Å². The Kier molecular flexibility index (Phi) is 5.39. The van der Waals surface area contributed by atoms with Crippen molar-refractivity contribution in [1.29, 1.82) is 0 Å². The number of H-pyrrole nitrogens is 1. The minimum atomic E-state index is -0.253. The van der Waals surface area contributed by atoms with Gasteiger partial charge in [-0.25, -0.2) is 4.98 Å². The van der Waals surface area contributed by atoms with E-state index in [0.717, 1.165) is 30.9 Å². The third-order valence-corrected chi connectivity index (χ3v) is 6.50. The summed E-state index contributed by atoms with van der Waals surface area (Å²) in [5, 5.41) is 7.39. The zero-order chi connectivity index (χ0) is 20.4. The quantitative estimate of drug-likeness (QED) is 0.840. The molecular formula is C22H29N5O2. The number of hydrogen-bond donors (Lipinski definition) is 1. The minimum absolute atomic E-state index is 0.0757. The molecule has 2 aromatic rings. The number of rotatable bonds is 5. The van der Waals surface area contributed by atoms with Crippen LogP contribution in [0.5, 0.6) is 0 Å². The van der Waals surface area contributed by atoms with Crippen molar-refractivity contribution >= 4 is 11.8 Å². The summed E-state index contributed by atoms with van der Waals surface area (Å²) < 4.78 is 0. The van der Waals surface area contributed by atoms with Gasteiger partial charge in [0.1, 0.15) is 5.82 Å². The Morgan fingerprint density at radius 1 is 1.21 bits per heavy atom. The molecule has 0 aliphatic carbocycles. The van der Waals surface area contributed by atoms with Crippen molar-refractivity contribution in [3.63, 3.8) is 0 Å². The number of aromatic nitrogens is 3. The van der Waals surface area contributed by atoms with E-state index in [9.17, 15) is 9.59 Å². The van der Waals surface area contributed by atoms with Crippen molar-refractivity contribution in [2.45, 2.75) is 44.9 Å². The number of piperidine rings is 1. The van der Waals surface area contributed by atoms with Crippen LogP contribution in [0.25, 0.3) is 0 Å². The number of aromatic amines is 1. The van der Waals surface area contributed by atoms with Crippen LogP contribution in [-0.4, -0.2) is 63.0 Å². The average Bonchev–Trinajstić information content (AvgIpc) is 3.32. The predicted molar refractivity (Wildman–Crippen MR) is 109 cm³/mol. The summed E-state index contributed by atoms with van der Waals surface area (Å²) >= 11 is 0. The lowest BCUT2D eigenvalue weighted by molar-refractivity contribution is -0.134. The fourth-order valence-corrected chi connectivity index (χ4v) is 4.83. The largest absolute Gasteiger partial charge is 0.342 e. The molecular weight excluding hydrogens is 366 g/mol. The number of fused-ring (bicyclic) bond motifs is 1. The molecule has 2 aliphatic rings. The average molecular weight is 396 g/mol. The predicted octanol–water partition coefficient (Wildman–Crippen LogP) is 2.08. The van der Waals surface area contributed by atoms with E-state index in [4.69, 9.17) is 0 Å². The molecule has 7 nitrogen and oxygen atoms in total. The number of likely N-dealkylation sites (tertiary alicyclic amines) is 2. The number of carbonyl (C=O) groups is 2. The van der Waals surface area contributed by atoms with Crippen molar-refractivity contribution < 1.29 is 9.59 Å². The van der Waals surface area contributed by atoms with E-state index >= 15 is 0 Å². The lowest BCUT2D eigenvalue weighted by Gasteiger charge is -2.41. The van der Waals surface area contributed by atoms with Gasteiger partial charge < -0.3 is 9.80 Å². The molecule has 1 aromatic carbocycles. The normalized spacial score (nSPS) is 23.9. The van der Waals surface area contributed by atoms with Gasteiger partial charge in [-0.05, 0) is 31.7 Å². The molecule has 2 aliphatic heterocycles. The molecule has 3 heterocycles. The lowest BCUT2D eigenvalue weighted by Crippen LogP contribution is -2.51. The standard InChI is InChI=1S/C22H29N5O2/c1-16-23-21(25-24-16)22-11-12-26(13-19(22)14-27(15-22)17(2)28)20(29)10-6-9-18-7-4-3-5-8-18/h3-5,7-8,19H,6,9-15H2,1-2H3,(H,23,24,25)/t19-,22-/m1/s1. The number of amides is 2. The number of nitrogens with zero attached hydrogens (tertiary/aromatic N) is 4. The summed E-state index contributed by atoms with van der Waals surface area (Å²) in [5.74, 6) is 2.04. The molecule has 0 unspecified atom stereocenters. The van der Waals surface area contributed by atoms with Gasteiger partial charge >= 0.3 is 0 Å². The summed E-state index contributed by atoms with van der Waals surface area (Å²) in [6.07, 6.45) is 3.13.